The molecule has 0 bridgehead atoms. The van der Waals surface area contributed by atoms with E-state index >= 15 is 0 Å². The van der Waals surface area contributed by atoms with Gasteiger partial charge in [0.05, 0.1) is 15.7 Å². The van der Waals surface area contributed by atoms with Gasteiger partial charge in [-0.05, 0) is 41.0 Å². The minimum Gasteiger partial charge on any atom is -0.242 e. The Morgan fingerprint density at radius 3 is 1.83 bits per heavy atom. The molecule has 1 unspecified atom stereocenters. The molecule has 0 amide bonds. The topological polar surface area (TPSA) is 29.1 Å². The molecule has 0 aliphatic rings. The zero-order chi connectivity index (χ0) is 9.99. The summed E-state index contributed by atoms with van der Waals surface area (Å²) in [7, 11) is -0.957. The van der Waals surface area contributed by atoms with Crippen molar-refractivity contribution in [1.82, 2.24) is 4.72 Å². The maximum absolute atomic E-state index is 11.6. The van der Waals surface area contributed by atoms with Crippen LogP contribution in [0.15, 0.2) is 0 Å². The molecular weight excluding hydrogens is 170 g/mol. The largest absolute Gasteiger partial charge is 0.242 e. The fraction of sp³-hybridized carbons (Fsp3) is 1.00. The maximum atomic E-state index is 11.6. The van der Waals surface area contributed by atoms with Gasteiger partial charge in [-0.1, -0.05) is 6.92 Å². The Hall–Kier alpha value is 0.110. The molecule has 0 rings (SSSR count). The van der Waals surface area contributed by atoms with Gasteiger partial charge in [0.1, 0.15) is 0 Å². The Labute approximate surface area is 78.7 Å². The molecule has 0 aromatic carbocycles. The summed E-state index contributed by atoms with van der Waals surface area (Å²) in [6.45, 7) is 12.1. The second kappa shape index (κ2) is 3.88. The van der Waals surface area contributed by atoms with Crippen molar-refractivity contribution < 1.29 is 4.21 Å². The summed E-state index contributed by atoms with van der Waals surface area (Å²) in [6.07, 6.45) is 0.981. The van der Waals surface area contributed by atoms with Crippen molar-refractivity contribution in [2.45, 2.75) is 58.2 Å². The molecule has 12 heavy (non-hydrogen) atoms. The van der Waals surface area contributed by atoms with Crippen LogP contribution in [0.1, 0.15) is 48.0 Å². The molecule has 0 fully saturated rings. The third-order valence-electron chi connectivity index (χ3n) is 1.81. The monoisotopic (exact) mass is 191 g/mol. The van der Waals surface area contributed by atoms with Gasteiger partial charge >= 0.3 is 0 Å². The van der Waals surface area contributed by atoms with E-state index in [0.29, 0.717) is 0 Å². The average molecular weight is 191 g/mol. The summed E-state index contributed by atoms with van der Waals surface area (Å²) in [5.41, 5.74) is -0.0296. The van der Waals surface area contributed by atoms with Crippen molar-refractivity contribution in [3.63, 3.8) is 0 Å². The average Bonchev–Trinajstić information content (AvgIpc) is 1.85. The van der Waals surface area contributed by atoms with E-state index in [1.807, 2.05) is 20.8 Å². The first kappa shape index (κ1) is 12.1. The lowest BCUT2D eigenvalue weighted by Crippen LogP contribution is -2.45. The van der Waals surface area contributed by atoms with E-state index in [0.717, 1.165) is 6.42 Å². The van der Waals surface area contributed by atoms with Crippen LogP contribution >= 0.6 is 0 Å². The lowest BCUT2D eigenvalue weighted by molar-refractivity contribution is 0.449. The van der Waals surface area contributed by atoms with Crippen LogP contribution in [0.5, 0.6) is 0 Å². The summed E-state index contributed by atoms with van der Waals surface area (Å²) >= 11 is 0. The van der Waals surface area contributed by atoms with E-state index in [2.05, 4.69) is 25.5 Å². The molecule has 0 saturated heterocycles. The SMILES string of the molecule is CCC(C)(C)NS(=O)C(C)(C)C. The van der Waals surface area contributed by atoms with Crippen molar-refractivity contribution in [2.24, 2.45) is 0 Å². The van der Waals surface area contributed by atoms with Gasteiger partial charge < -0.3 is 0 Å². The summed E-state index contributed by atoms with van der Waals surface area (Å²) in [5.74, 6) is 0. The maximum Gasteiger partial charge on any atom is 0.0975 e. The first-order chi connectivity index (χ1) is 5.19. The van der Waals surface area contributed by atoms with Crippen molar-refractivity contribution in [3.05, 3.63) is 0 Å². The summed E-state index contributed by atoms with van der Waals surface area (Å²) in [5, 5.41) is 0. The lowest BCUT2D eigenvalue weighted by atomic mass is 10.0. The van der Waals surface area contributed by atoms with Gasteiger partial charge in [0.15, 0.2) is 0 Å². The predicted molar refractivity (Wildman–Crippen MR) is 55.4 cm³/mol. The van der Waals surface area contributed by atoms with Crippen LogP contribution in [0.25, 0.3) is 0 Å². The minimum atomic E-state index is -0.957. The van der Waals surface area contributed by atoms with Gasteiger partial charge in [0.2, 0.25) is 0 Å². The molecule has 0 aromatic rings. The number of nitrogens with one attached hydrogen (secondary N) is 1. The van der Waals surface area contributed by atoms with Gasteiger partial charge in [0, 0.05) is 5.54 Å². The lowest BCUT2D eigenvalue weighted by Gasteiger charge is -2.28. The molecule has 74 valence electrons. The van der Waals surface area contributed by atoms with Crippen LogP contribution in [-0.2, 0) is 11.0 Å². The molecule has 0 spiro atoms. The Morgan fingerprint density at radius 2 is 1.58 bits per heavy atom. The van der Waals surface area contributed by atoms with E-state index in [-0.39, 0.29) is 10.3 Å². The molecule has 0 saturated carbocycles. The molecule has 1 atom stereocenters. The number of hydrogen-bond donors (Lipinski definition) is 1. The second-order valence-electron chi connectivity index (χ2n) is 4.72. The van der Waals surface area contributed by atoms with Crippen molar-refractivity contribution in [2.75, 3.05) is 0 Å². The van der Waals surface area contributed by atoms with Crippen LogP contribution in [0, 0.1) is 0 Å². The van der Waals surface area contributed by atoms with Crippen LogP contribution in [-0.4, -0.2) is 14.5 Å². The Morgan fingerprint density at radius 1 is 1.17 bits per heavy atom. The third kappa shape index (κ3) is 4.21. The smallest absolute Gasteiger partial charge is 0.0975 e. The molecule has 2 nitrogen and oxygen atoms in total. The van der Waals surface area contributed by atoms with Gasteiger partial charge in [-0.3, -0.25) is 0 Å². The van der Waals surface area contributed by atoms with E-state index < -0.39 is 11.0 Å². The Bertz CT molecular complexity index is 170. The van der Waals surface area contributed by atoms with Gasteiger partial charge in [-0.25, -0.2) is 8.93 Å². The minimum absolute atomic E-state index is 0.0296. The first-order valence-electron chi connectivity index (χ1n) is 4.39. The zero-order valence-electron chi connectivity index (χ0n) is 9.02. The third-order valence-corrected chi connectivity index (χ3v) is 3.66. The molecule has 1 N–H and O–H groups in total. The molecule has 0 radical (unpaired) electrons. The quantitative estimate of drug-likeness (QED) is 0.728. The van der Waals surface area contributed by atoms with Crippen molar-refractivity contribution >= 4 is 11.0 Å². The molecule has 0 aliphatic carbocycles. The fourth-order valence-electron chi connectivity index (χ4n) is 0.476. The number of rotatable bonds is 3. The Balaban J connectivity index is 4.20. The van der Waals surface area contributed by atoms with Crippen LogP contribution in [0.4, 0.5) is 0 Å². The standard InChI is InChI=1S/C9H21NOS/c1-7-9(5,6)10-12(11)8(2,3)4/h10H,7H2,1-6H3. The highest BCUT2D eigenvalue weighted by Crippen LogP contribution is 2.14. The predicted octanol–water partition coefficient (Wildman–Crippen LogP) is 2.23. The normalized spacial score (nSPS) is 16.2. The molecular formula is C9H21NOS. The van der Waals surface area contributed by atoms with E-state index in [4.69, 9.17) is 0 Å². The van der Waals surface area contributed by atoms with E-state index in [9.17, 15) is 4.21 Å². The first-order valence-corrected chi connectivity index (χ1v) is 5.54. The van der Waals surface area contributed by atoms with Crippen LogP contribution < -0.4 is 4.72 Å². The van der Waals surface area contributed by atoms with Crippen molar-refractivity contribution in [1.29, 1.82) is 0 Å². The fourth-order valence-corrected chi connectivity index (χ4v) is 1.43. The summed E-state index contributed by atoms with van der Waals surface area (Å²) < 4.78 is 14.6. The van der Waals surface area contributed by atoms with Crippen LogP contribution in [0.2, 0.25) is 0 Å². The Kier molecular flexibility index (Phi) is 3.91. The summed E-state index contributed by atoms with van der Waals surface area (Å²) in [6, 6.07) is 0. The number of hydrogen-bond acceptors (Lipinski definition) is 1. The summed E-state index contributed by atoms with van der Waals surface area (Å²) in [4.78, 5) is 0. The molecule has 3 heteroatoms. The van der Waals surface area contributed by atoms with Gasteiger partial charge in [-0.15, -0.1) is 0 Å². The van der Waals surface area contributed by atoms with E-state index in [1.54, 1.807) is 0 Å². The highest BCUT2D eigenvalue weighted by molar-refractivity contribution is 7.84. The second-order valence-corrected chi connectivity index (χ2v) is 6.69. The van der Waals surface area contributed by atoms with E-state index in [1.165, 1.54) is 0 Å². The molecule has 0 aliphatic heterocycles. The van der Waals surface area contributed by atoms with Gasteiger partial charge in [0.25, 0.3) is 0 Å². The molecule has 0 heterocycles. The highest BCUT2D eigenvalue weighted by Gasteiger charge is 2.25. The highest BCUT2D eigenvalue weighted by atomic mass is 32.2. The van der Waals surface area contributed by atoms with Gasteiger partial charge in [-0.2, -0.15) is 0 Å². The molecule has 0 aromatic heterocycles. The van der Waals surface area contributed by atoms with Crippen LogP contribution in [0.3, 0.4) is 0 Å². The van der Waals surface area contributed by atoms with Crippen molar-refractivity contribution in [3.8, 4) is 0 Å². The zero-order valence-corrected chi connectivity index (χ0v) is 9.84.